The summed E-state index contributed by atoms with van der Waals surface area (Å²) in [4.78, 5) is 35.3. The Labute approximate surface area is 145 Å². The minimum Gasteiger partial charge on any atom is -0.467 e. The van der Waals surface area contributed by atoms with E-state index in [4.69, 9.17) is 5.11 Å². The van der Waals surface area contributed by atoms with Crippen molar-refractivity contribution in [2.75, 3.05) is 20.3 Å². The van der Waals surface area contributed by atoms with Gasteiger partial charge in [0.1, 0.15) is 0 Å². The second-order valence-electron chi connectivity index (χ2n) is 5.51. The zero-order chi connectivity index (χ0) is 18.2. The number of rotatable bonds is 7. The zero-order valence-electron chi connectivity index (χ0n) is 14.0. The van der Waals surface area contributed by atoms with Crippen LogP contribution in [0.25, 0.3) is 0 Å². The third-order valence-corrected chi connectivity index (χ3v) is 3.77. The molecular formula is C17H21N3O5. The van der Waals surface area contributed by atoms with Gasteiger partial charge in [-0.25, -0.2) is 9.80 Å². The predicted molar refractivity (Wildman–Crippen MR) is 89.6 cm³/mol. The molecule has 0 saturated heterocycles. The maximum absolute atomic E-state index is 12.2. The minimum atomic E-state index is -1.12. The Balaban J connectivity index is 1.83. The quantitative estimate of drug-likeness (QED) is 0.678. The van der Waals surface area contributed by atoms with Crippen LogP contribution in [0.1, 0.15) is 24.8 Å². The number of methoxy groups -OCH3 is 1. The first-order chi connectivity index (χ1) is 12.0. The van der Waals surface area contributed by atoms with E-state index in [0.717, 1.165) is 18.4 Å². The summed E-state index contributed by atoms with van der Waals surface area (Å²) in [6.45, 7) is -0.0880. The normalized spacial score (nSPS) is 14.6. The molecule has 1 aromatic rings. The largest absolute Gasteiger partial charge is 0.467 e. The van der Waals surface area contributed by atoms with Crippen molar-refractivity contribution in [3.05, 3.63) is 35.9 Å². The summed E-state index contributed by atoms with van der Waals surface area (Å²) in [6, 6.07) is 8.47. The zero-order valence-corrected chi connectivity index (χ0v) is 14.0. The van der Waals surface area contributed by atoms with E-state index in [-0.39, 0.29) is 18.7 Å². The van der Waals surface area contributed by atoms with Crippen molar-refractivity contribution >= 4 is 23.5 Å². The summed E-state index contributed by atoms with van der Waals surface area (Å²) in [7, 11) is 1.16. The Morgan fingerprint density at radius 1 is 1.28 bits per heavy atom. The van der Waals surface area contributed by atoms with Crippen LogP contribution in [0.2, 0.25) is 0 Å². The monoisotopic (exact) mass is 347 g/mol. The smallest absolute Gasteiger partial charge is 0.330 e. The maximum atomic E-state index is 12.2. The molecule has 1 aromatic carbocycles. The first-order valence-corrected chi connectivity index (χ1v) is 7.96. The number of carbonyl (C=O) groups excluding carboxylic acids is 3. The first kappa shape index (κ1) is 18.6. The molecule has 1 aliphatic heterocycles. The summed E-state index contributed by atoms with van der Waals surface area (Å²) < 4.78 is 4.46. The number of ether oxygens (including phenoxy) is 1. The van der Waals surface area contributed by atoms with Crippen molar-refractivity contribution in [3.8, 4) is 0 Å². The van der Waals surface area contributed by atoms with Gasteiger partial charge in [-0.1, -0.05) is 30.3 Å². The van der Waals surface area contributed by atoms with Crippen molar-refractivity contribution in [1.29, 1.82) is 0 Å². The van der Waals surface area contributed by atoms with Gasteiger partial charge in [-0.2, -0.15) is 5.10 Å². The van der Waals surface area contributed by atoms with Crippen LogP contribution in [0.3, 0.4) is 0 Å². The van der Waals surface area contributed by atoms with Crippen molar-refractivity contribution < 1.29 is 24.2 Å². The number of aliphatic hydroxyl groups is 1. The van der Waals surface area contributed by atoms with Gasteiger partial charge in [0, 0.05) is 19.3 Å². The number of hydrazone groups is 1. The van der Waals surface area contributed by atoms with Gasteiger partial charge in [-0.3, -0.25) is 9.59 Å². The number of esters is 1. The molecule has 8 nitrogen and oxygen atoms in total. The first-order valence-electron chi connectivity index (χ1n) is 7.96. The minimum absolute atomic E-state index is 0.0310. The van der Waals surface area contributed by atoms with E-state index in [9.17, 15) is 14.4 Å². The van der Waals surface area contributed by atoms with E-state index in [2.05, 4.69) is 15.2 Å². The number of hydrogen-bond acceptors (Lipinski definition) is 6. The standard InChI is InChI=1S/C17H21N3O5/c1-25-17(24)14(11-21)18-15(22)7-8-16(23)20-10-9-13(19-20)12-5-3-2-4-6-12/h2-6,14,21H,7-11H2,1H3,(H,18,22)/t14-/m0/s1. The summed E-state index contributed by atoms with van der Waals surface area (Å²) in [6.07, 6.45) is 0.534. The molecule has 0 saturated carbocycles. The molecule has 0 bridgehead atoms. The van der Waals surface area contributed by atoms with Crippen LogP contribution in [-0.4, -0.2) is 59.9 Å². The number of aliphatic hydroxyl groups excluding tert-OH is 1. The molecule has 1 heterocycles. The summed E-state index contributed by atoms with van der Waals surface area (Å²) in [5.74, 6) is -1.51. The number of hydrogen-bond donors (Lipinski definition) is 2. The van der Waals surface area contributed by atoms with Crippen molar-refractivity contribution in [2.45, 2.75) is 25.3 Å². The van der Waals surface area contributed by atoms with E-state index in [1.54, 1.807) is 0 Å². The molecule has 1 atom stereocenters. The van der Waals surface area contributed by atoms with Gasteiger partial charge >= 0.3 is 5.97 Å². The molecule has 0 aliphatic carbocycles. The summed E-state index contributed by atoms with van der Waals surface area (Å²) >= 11 is 0. The van der Waals surface area contributed by atoms with Crippen LogP contribution in [0.15, 0.2) is 35.4 Å². The van der Waals surface area contributed by atoms with Gasteiger partial charge in [0.15, 0.2) is 6.04 Å². The number of nitrogens with zero attached hydrogens (tertiary/aromatic N) is 2. The molecule has 2 amide bonds. The molecule has 0 radical (unpaired) electrons. The highest BCUT2D eigenvalue weighted by atomic mass is 16.5. The fourth-order valence-corrected chi connectivity index (χ4v) is 2.41. The van der Waals surface area contributed by atoms with E-state index >= 15 is 0 Å². The van der Waals surface area contributed by atoms with Crippen LogP contribution in [0, 0.1) is 0 Å². The fraction of sp³-hybridized carbons (Fsp3) is 0.412. The molecular weight excluding hydrogens is 326 g/mol. The third kappa shape index (κ3) is 5.12. The second kappa shape index (κ2) is 8.93. The third-order valence-electron chi connectivity index (χ3n) is 3.77. The van der Waals surface area contributed by atoms with E-state index in [1.807, 2.05) is 30.3 Å². The van der Waals surface area contributed by atoms with Gasteiger partial charge in [-0.05, 0) is 5.56 Å². The lowest BCUT2D eigenvalue weighted by Crippen LogP contribution is -2.44. The molecule has 1 aliphatic rings. The van der Waals surface area contributed by atoms with E-state index < -0.39 is 24.5 Å². The highest BCUT2D eigenvalue weighted by Crippen LogP contribution is 2.14. The summed E-state index contributed by atoms with van der Waals surface area (Å²) in [5, 5.41) is 17.1. The lowest BCUT2D eigenvalue weighted by atomic mass is 10.1. The van der Waals surface area contributed by atoms with Crippen molar-refractivity contribution in [3.63, 3.8) is 0 Å². The molecule has 8 heteroatoms. The topological polar surface area (TPSA) is 108 Å². The molecule has 2 rings (SSSR count). The van der Waals surface area contributed by atoms with Crippen LogP contribution in [0.5, 0.6) is 0 Å². The fourth-order valence-electron chi connectivity index (χ4n) is 2.41. The van der Waals surface area contributed by atoms with Crippen molar-refractivity contribution in [2.24, 2.45) is 5.10 Å². The van der Waals surface area contributed by atoms with Gasteiger partial charge in [0.25, 0.3) is 0 Å². The lowest BCUT2D eigenvalue weighted by molar-refractivity contribution is -0.146. The molecule has 0 spiro atoms. The molecule has 134 valence electrons. The molecule has 25 heavy (non-hydrogen) atoms. The average Bonchev–Trinajstić information content (AvgIpc) is 3.14. The van der Waals surface area contributed by atoms with Gasteiger partial charge in [0.2, 0.25) is 11.8 Å². The number of amides is 2. The molecule has 0 aromatic heterocycles. The molecule has 0 fully saturated rings. The Hall–Kier alpha value is -2.74. The Morgan fingerprint density at radius 2 is 2.00 bits per heavy atom. The second-order valence-corrected chi connectivity index (χ2v) is 5.51. The van der Waals surface area contributed by atoms with Gasteiger partial charge in [-0.15, -0.1) is 0 Å². The number of nitrogens with one attached hydrogen (secondary N) is 1. The number of benzene rings is 1. The van der Waals surface area contributed by atoms with E-state index in [1.165, 1.54) is 5.01 Å². The Morgan fingerprint density at radius 3 is 2.64 bits per heavy atom. The van der Waals surface area contributed by atoms with Crippen LogP contribution in [-0.2, 0) is 19.1 Å². The predicted octanol–water partition coefficient (Wildman–Crippen LogP) is 0.0533. The SMILES string of the molecule is COC(=O)[C@H](CO)NC(=O)CCC(=O)N1CCC(c2ccccc2)=N1. The van der Waals surface area contributed by atoms with E-state index in [0.29, 0.717) is 13.0 Å². The van der Waals surface area contributed by atoms with Crippen LogP contribution >= 0.6 is 0 Å². The molecule has 2 N–H and O–H groups in total. The highest BCUT2D eigenvalue weighted by Gasteiger charge is 2.24. The van der Waals surface area contributed by atoms with Crippen molar-refractivity contribution in [1.82, 2.24) is 10.3 Å². The highest BCUT2D eigenvalue weighted by molar-refractivity contribution is 6.02. The molecule has 0 unspecified atom stereocenters. The maximum Gasteiger partial charge on any atom is 0.330 e. The van der Waals surface area contributed by atoms with Crippen LogP contribution in [0.4, 0.5) is 0 Å². The Bertz CT molecular complexity index is 660. The van der Waals surface area contributed by atoms with Gasteiger partial charge in [0.05, 0.1) is 26.0 Å². The summed E-state index contributed by atoms with van der Waals surface area (Å²) in [5.41, 5.74) is 1.81. The van der Waals surface area contributed by atoms with Crippen LogP contribution < -0.4 is 5.32 Å². The van der Waals surface area contributed by atoms with Gasteiger partial charge < -0.3 is 15.2 Å². The lowest BCUT2D eigenvalue weighted by Gasteiger charge is -2.14. The number of carbonyl (C=O) groups is 3. The average molecular weight is 347 g/mol. The Kier molecular flexibility index (Phi) is 6.64.